The summed E-state index contributed by atoms with van der Waals surface area (Å²) in [6.45, 7) is 12.4. The number of benzene rings is 2. The number of hydrogen-bond donors (Lipinski definition) is 1. The molecule has 1 fully saturated rings. The van der Waals surface area contributed by atoms with Crippen LogP contribution in [0.3, 0.4) is 0 Å². The number of aryl methyl sites for hydroxylation is 1. The molecule has 0 bridgehead atoms. The summed E-state index contributed by atoms with van der Waals surface area (Å²) >= 11 is 3.51. The van der Waals surface area contributed by atoms with Crippen LogP contribution in [-0.4, -0.2) is 41.1 Å². The van der Waals surface area contributed by atoms with Gasteiger partial charge in [-0.15, -0.1) is 0 Å². The SMILES string of the molecule is C\C=C/C=c1/c(CN2CCN(Cc3ccc(Br)cc3)CC2)cc(C)c(O)/c1=C\CC. The Labute approximate surface area is 189 Å². The highest BCUT2D eigenvalue weighted by atomic mass is 79.9. The largest absolute Gasteiger partial charge is 0.507 e. The van der Waals surface area contributed by atoms with Crippen LogP contribution in [0.25, 0.3) is 12.2 Å². The third kappa shape index (κ3) is 5.84. The van der Waals surface area contributed by atoms with Crippen molar-refractivity contribution in [2.45, 2.75) is 40.3 Å². The Balaban J connectivity index is 1.74. The fourth-order valence-corrected chi connectivity index (χ4v) is 4.31. The molecule has 0 saturated carbocycles. The molecule has 160 valence electrons. The van der Waals surface area contributed by atoms with Crippen molar-refractivity contribution in [2.75, 3.05) is 26.2 Å². The molecule has 4 heteroatoms. The van der Waals surface area contributed by atoms with E-state index in [2.05, 4.69) is 81.2 Å². The van der Waals surface area contributed by atoms with Gasteiger partial charge in [0, 0.05) is 49.0 Å². The van der Waals surface area contributed by atoms with Gasteiger partial charge < -0.3 is 5.11 Å². The monoisotopic (exact) mass is 468 g/mol. The normalized spacial score (nSPS) is 17.3. The van der Waals surface area contributed by atoms with Crippen LogP contribution < -0.4 is 10.4 Å². The Morgan fingerprint density at radius 3 is 2.23 bits per heavy atom. The molecule has 1 aliphatic rings. The van der Waals surface area contributed by atoms with Gasteiger partial charge in [-0.2, -0.15) is 0 Å². The zero-order valence-corrected chi connectivity index (χ0v) is 20.0. The molecular formula is C26H33BrN2O. The van der Waals surface area contributed by atoms with Gasteiger partial charge in [0.15, 0.2) is 0 Å². The smallest absolute Gasteiger partial charge is 0.126 e. The lowest BCUT2D eigenvalue weighted by Crippen LogP contribution is -2.46. The molecule has 30 heavy (non-hydrogen) atoms. The number of halogens is 1. The molecule has 1 aliphatic heterocycles. The summed E-state index contributed by atoms with van der Waals surface area (Å²) in [7, 11) is 0. The van der Waals surface area contributed by atoms with Crippen molar-refractivity contribution in [1.29, 1.82) is 0 Å². The van der Waals surface area contributed by atoms with Crippen LogP contribution in [0.15, 0.2) is 47.0 Å². The molecule has 3 rings (SSSR count). The van der Waals surface area contributed by atoms with Crippen LogP contribution in [0, 0.1) is 6.92 Å². The van der Waals surface area contributed by atoms with Crippen LogP contribution >= 0.6 is 15.9 Å². The molecule has 0 radical (unpaired) electrons. The van der Waals surface area contributed by atoms with Crippen molar-refractivity contribution in [3.05, 3.63) is 74.1 Å². The lowest BCUT2D eigenvalue weighted by atomic mass is 10.0. The van der Waals surface area contributed by atoms with E-state index >= 15 is 0 Å². The summed E-state index contributed by atoms with van der Waals surface area (Å²) in [6.07, 6.45) is 9.28. The van der Waals surface area contributed by atoms with E-state index in [1.807, 2.05) is 19.9 Å². The number of rotatable bonds is 6. The standard InChI is InChI=1S/C26H33BrN2O/c1-4-6-8-24-22(17-20(3)26(30)25(24)7-5-2)19-29-15-13-28(14-16-29)18-21-9-11-23(27)12-10-21/h4,6-12,17,30H,5,13-16,18-19H2,1-3H3/b6-4-,24-8-,25-7-. The number of phenolic OH excluding ortho intramolecular Hbond substituents is 1. The van der Waals surface area contributed by atoms with Crippen molar-refractivity contribution in [3.63, 3.8) is 0 Å². The quantitative estimate of drug-likeness (QED) is 0.683. The van der Waals surface area contributed by atoms with Crippen LogP contribution in [0.1, 0.15) is 37.0 Å². The van der Waals surface area contributed by atoms with Crippen molar-refractivity contribution >= 4 is 28.1 Å². The summed E-state index contributed by atoms with van der Waals surface area (Å²) in [5, 5.41) is 12.8. The number of nitrogens with zero attached hydrogens (tertiary/aromatic N) is 2. The van der Waals surface area contributed by atoms with Crippen molar-refractivity contribution in [1.82, 2.24) is 9.80 Å². The van der Waals surface area contributed by atoms with Gasteiger partial charge >= 0.3 is 0 Å². The van der Waals surface area contributed by atoms with Crippen LogP contribution in [0.2, 0.25) is 0 Å². The number of allylic oxidation sites excluding steroid dienone is 2. The van der Waals surface area contributed by atoms with Gasteiger partial charge in [-0.3, -0.25) is 9.80 Å². The van der Waals surface area contributed by atoms with Gasteiger partial charge in [-0.05, 0) is 54.3 Å². The Bertz CT molecular complexity index is 987. The van der Waals surface area contributed by atoms with E-state index in [1.165, 1.54) is 11.1 Å². The Morgan fingerprint density at radius 1 is 1.00 bits per heavy atom. The summed E-state index contributed by atoms with van der Waals surface area (Å²) in [5.74, 6) is 0.413. The lowest BCUT2D eigenvalue weighted by Gasteiger charge is -2.35. The Morgan fingerprint density at radius 2 is 1.63 bits per heavy atom. The van der Waals surface area contributed by atoms with Crippen LogP contribution in [-0.2, 0) is 13.1 Å². The third-order valence-corrected chi connectivity index (χ3v) is 6.23. The second kappa shape index (κ2) is 10.9. The Hall–Kier alpha value is -1.88. The minimum absolute atomic E-state index is 0.413. The minimum atomic E-state index is 0.413. The summed E-state index contributed by atoms with van der Waals surface area (Å²) in [4.78, 5) is 5.07. The molecule has 1 heterocycles. The molecule has 3 nitrogen and oxygen atoms in total. The van der Waals surface area contributed by atoms with Crippen molar-refractivity contribution in [3.8, 4) is 5.75 Å². The highest BCUT2D eigenvalue weighted by Crippen LogP contribution is 2.15. The molecule has 1 saturated heterocycles. The molecular weight excluding hydrogens is 436 g/mol. The van der Waals surface area contributed by atoms with Gasteiger partial charge in [0.25, 0.3) is 0 Å². The molecule has 0 aliphatic carbocycles. The maximum atomic E-state index is 10.6. The van der Waals surface area contributed by atoms with E-state index in [9.17, 15) is 5.11 Å². The summed E-state index contributed by atoms with van der Waals surface area (Å²) in [5.41, 5.74) is 3.62. The highest BCUT2D eigenvalue weighted by Gasteiger charge is 2.18. The lowest BCUT2D eigenvalue weighted by molar-refractivity contribution is 0.122. The van der Waals surface area contributed by atoms with Gasteiger partial charge in [-0.25, -0.2) is 0 Å². The number of phenols is 1. The molecule has 0 spiro atoms. The minimum Gasteiger partial charge on any atom is -0.507 e. The zero-order chi connectivity index (χ0) is 21.5. The third-order valence-electron chi connectivity index (χ3n) is 5.70. The molecule has 0 amide bonds. The van der Waals surface area contributed by atoms with Crippen LogP contribution in [0.4, 0.5) is 0 Å². The summed E-state index contributed by atoms with van der Waals surface area (Å²) < 4.78 is 1.13. The van der Waals surface area contributed by atoms with Gasteiger partial charge in [0.05, 0.1) is 0 Å². The number of aromatic hydroxyl groups is 1. The van der Waals surface area contributed by atoms with Crippen molar-refractivity contribution < 1.29 is 5.11 Å². The van der Waals surface area contributed by atoms with E-state index < -0.39 is 0 Å². The molecule has 0 unspecified atom stereocenters. The molecule has 1 N–H and O–H groups in total. The first-order chi connectivity index (χ1) is 14.5. The van der Waals surface area contributed by atoms with E-state index in [0.29, 0.717) is 5.75 Å². The fourth-order valence-electron chi connectivity index (χ4n) is 4.05. The zero-order valence-electron chi connectivity index (χ0n) is 18.4. The van der Waals surface area contributed by atoms with Crippen molar-refractivity contribution in [2.24, 2.45) is 0 Å². The molecule has 0 aromatic heterocycles. The second-order valence-electron chi connectivity index (χ2n) is 8.01. The van der Waals surface area contributed by atoms with Gasteiger partial charge in [0.2, 0.25) is 0 Å². The first-order valence-corrected chi connectivity index (χ1v) is 11.6. The van der Waals surface area contributed by atoms with Crippen LogP contribution in [0.5, 0.6) is 5.75 Å². The van der Waals surface area contributed by atoms with Gasteiger partial charge in [0.1, 0.15) is 5.75 Å². The number of hydrogen-bond acceptors (Lipinski definition) is 3. The first-order valence-electron chi connectivity index (χ1n) is 10.9. The topological polar surface area (TPSA) is 26.7 Å². The molecule has 2 aromatic rings. The predicted octanol–water partition coefficient (Wildman–Crippen LogP) is 4.33. The molecule has 0 atom stereocenters. The van der Waals surface area contributed by atoms with Gasteiger partial charge in [-0.1, -0.05) is 65.4 Å². The van der Waals surface area contributed by atoms with E-state index in [0.717, 1.165) is 66.2 Å². The maximum absolute atomic E-state index is 10.6. The summed E-state index contributed by atoms with van der Waals surface area (Å²) in [6, 6.07) is 10.8. The van der Waals surface area contributed by atoms with E-state index in [4.69, 9.17) is 0 Å². The average Bonchev–Trinajstić information content (AvgIpc) is 2.74. The predicted molar refractivity (Wildman–Crippen MR) is 131 cm³/mol. The highest BCUT2D eigenvalue weighted by molar-refractivity contribution is 9.10. The Kier molecular flexibility index (Phi) is 8.32. The number of piperazine rings is 1. The molecule has 2 aromatic carbocycles. The van der Waals surface area contributed by atoms with E-state index in [-0.39, 0.29) is 0 Å². The first kappa shape index (κ1) is 22.8. The fraction of sp³-hybridized carbons (Fsp3) is 0.385. The second-order valence-corrected chi connectivity index (χ2v) is 8.93. The average molecular weight is 469 g/mol. The maximum Gasteiger partial charge on any atom is 0.126 e. The van der Waals surface area contributed by atoms with E-state index in [1.54, 1.807) is 0 Å².